The van der Waals surface area contributed by atoms with Gasteiger partial charge in [-0.05, 0) is 45.7 Å². The van der Waals surface area contributed by atoms with Gasteiger partial charge in [0.05, 0.1) is 12.2 Å². The number of pyridine rings is 1. The lowest BCUT2D eigenvalue weighted by Crippen LogP contribution is -2.55. The van der Waals surface area contributed by atoms with Gasteiger partial charge in [-0.25, -0.2) is 4.98 Å². The van der Waals surface area contributed by atoms with Crippen LogP contribution >= 0.6 is 0 Å². The number of aliphatic hydroxyl groups is 1. The number of rotatable bonds is 3. The molecular weight excluding hydrogens is 252 g/mol. The van der Waals surface area contributed by atoms with E-state index in [4.69, 9.17) is 4.74 Å². The summed E-state index contributed by atoms with van der Waals surface area (Å²) < 4.78 is 5.37. The van der Waals surface area contributed by atoms with Gasteiger partial charge in [0, 0.05) is 29.9 Å². The Hall–Kier alpha value is -1.13. The molecule has 20 heavy (non-hydrogen) atoms. The molecule has 2 bridgehead atoms. The molecule has 0 saturated carbocycles. The van der Waals surface area contributed by atoms with Gasteiger partial charge in [0.2, 0.25) is 5.88 Å². The number of hydrogen-bond donors (Lipinski definition) is 1. The maximum absolute atomic E-state index is 11.1. The number of nitrogens with zero attached hydrogens (tertiary/aromatic N) is 2. The molecule has 0 radical (unpaired) electrons. The van der Waals surface area contributed by atoms with Crippen molar-refractivity contribution in [1.82, 2.24) is 9.88 Å². The Morgan fingerprint density at radius 1 is 1.35 bits per heavy atom. The molecule has 110 valence electrons. The molecule has 0 aliphatic carbocycles. The van der Waals surface area contributed by atoms with Crippen molar-refractivity contribution in [2.45, 2.75) is 56.7 Å². The van der Waals surface area contributed by atoms with E-state index in [1.807, 2.05) is 19.1 Å². The summed E-state index contributed by atoms with van der Waals surface area (Å²) in [6.45, 7) is 2.56. The quantitative estimate of drug-likeness (QED) is 0.920. The lowest BCUT2D eigenvalue weighted by atomic mass is 9.73. The molecule has 3 heterocycles. The molecule has 0 aromatic carbocycles. The zero-order chi connectivity index (χ0) is 14.2. The Morgan fingerprint density at radius 3 is 2.60 bits per heavy atom. The fraction of sp³-hybridized carbons (Fsp3) is 0.688. The summed E-state index contributed by atoms with van der Waals surface area (Å²) >= 11 is 0. The van der Waals surface area contributed by atoms with Gasteiger partial charge in [0.25, 0.3) is 0 Å². The van der Waals surface area contributed by atoms with Crippen LogP contribution in [0.1, 0.15) is 44.6 Å². The van der Waals surface area contributed by atoms with E-state index in [2.05, 4.69) is 16.9 Å². The van der Waals surface area contributed by atoms with Gasteiger partial charge in [-0.1, -0.05) is 6.42 Å². The van der Waals surface area contributed by atoms with Crippen molar-refractivity contribution in [3.05, 3.63) is 23.9 Å². The van der Waals surface area contributed by atoms with Crippen LogP contribution in [0.25, 0.3) is 0 Å². The van der Waals surface area contributed by atoms with Gasteiger partial charge < -0.3 is 14.7 Å². The van der Waals surface area contributed by atoms with Crippen LogP contribution in [0, 0.1) is 0 Å². The van der Waals surface area contributed by atoms with Crippen molar-refractivity contribution in [2.24, 2.45) is 0 Å². The average molecular weight is 276 g/mol. The summed E-state index contributed by atoms with van der Waals surface area (Å²) in [5.74, 6) is 0.632. The molecule has 4 heteroatoms. The molecule has 2 unspecified atom stereocenters. The Morgan fingerprint density at radius 2 is 2.05 bits per heavy atom. The van der Waals surface area contributed by atoms with Crippen molar-refractivity contribution in [3.8, 4) is 5.88 Å². The first-order chi connectivity index (χ1) is 9.62. The summed E-state index contributed by atoms with van der Waals surface area (Å²) in [6, 6.07) is 4.84. The van der Waals surface area contributed by atoms with E-state index in [9.17, 15) is 5.11 Å². The lowest BCUT2D eigenvalue weighted by molar-refractivity contribution is -0.0876. The molecule has 2 aliphatic heterocycles. The van der Waals surface area contributed by atoms with Crippen LogP contribution in [0.15, 0.2) is 18.3 Å². The molecule has 2 fully saturated rings. The van der Waals surface area contributed by atoms with Crippen molar-refractivity contribution in [1.29, 1.82) is 0 Å². The number of piperidine rings is 2. The SMILES string of the molecule is CCOc1ccc(C2(O)CC3CCCC(C2)N3C)cn1. The van der Waals surface area contributed by atoms with E-state index in [0.29, 0.717) is 24.6 Å². The molecule has 3 rings (SSSR count). The first-order valence-electron chi connectivity index (χ1n) is 7.66. The third kappa shape index (κ3) is 2.42. The monoisotopic (exact) mass is 276 g/mol. The third-order valence-corrected chi connectivity index (χ3v) is 4.94. The second kappa shape index (κ2) is 5.34. The van der Waals surface area contributed by atoms with E-state index >= 15 is 0 Å². The van der Waals surface area contributed by atoms with E-state index in [1.165, 1.54) is 19.3 Å². The molecule has 1 aromatic rings. The largest absolute Gasteiger partial charge is 0.478 e. The minimum Gasteiger partial charge on any atom is -0.478 e. The first kappa shape index (κ1) is 13.8. The zero-order valence-electron chi connectivity index (χ0n) is 12.4. The van der Waals surface area contributed by atoms with Crippen molar-refractivity contribution < 1.29 is 9.84 Å². The molecule has 2 aliphatic rings. The lowest BCUT2D eigenvalue weighted by Gasteiger charge is -2.50. The van der Waals surface area contributed by atoms with Crippen LogP contribution in [-0.4, -0.2) is 40.7 Å². The standard InChI is InChI=1S/C16H24N2O2/c1-3-20-15-8-7-12(11-17-15)16(19)9-13-5-4-6-14(10-16)18(13)2/h7-8,11,13-14,19H,3-6,9-10H2,1-2H3. The fourth-order valence-electron chi connectivity index (χ4n) is 3.77. The van der Waals surface area contributed by atoms with Crippen LogP contribution < -0.4 is 4.74 Å². The normalized spacial score (nSPS) is 34.0. The highest BCUT2D eigenvalue weighted by atomic mass is 16.5. The number of aromatic nitrogens is 1. The van der Waals surface area contributed by atoms with Gasteiger partial charge in [-0.3, -0.25) is 0 Å². The molecule has 1 N–H and O–H groups in total. The van der Waals surface area contributed by atoms with E-state index in [0.717, 1.165) is 18.4 Å². The Bertz CT molecular complexity index is 446. The Kier molecular flexibility index (Phi) is 3.69. The van der Waals surface area contributed by atoms with Gasteiger partial charge >= 0.3 is 0 Å². The molecule has 2 saturated heterocycles. The van der Waals surface area contributed by atoms with Crippen LogP contribution in [0.2, 0.25) is 0 Å². The number of fused-ring (bicyclic) bond motifs is 2. The van der Waals surface area contributed by atoms with Gasteiger partial charge in [0.15, 0.2) is 0 Å². The molecular formula is C16H24N2O2. The summed E-state index contributed by atoms with van der Waals surface area (Å²) in [4.78, 5) is 6.76. The van der Waals surface area contributed by atoms with Gasteiger partial charge in [0.1, 0.15) is 0 Å². The number of hydrogen-bond acceptors (Lipinski definition) is 4. The van der Waals surface area contributed by atoms with Crippen molar-refractivity contribution >= 4 is 0 Å². The second-order valence-electron chi connectivity index (χ2n) is 6.16. The Labute approximate surface area is 120 Å². The highest BCUT2D eigenvalue weighted by Gasteiger charge is 2.44. The molecule has 0 amide bonds. The molecule has 4 nitrogen and oxygen atoms in total. The third-order valence-electron chi connectivity index (χ3n) is 4.94. The minimum absolute atomic E-state index is 0.499. The van der Waals surface area contributed by atoms with E-state index in [1.54, 1.807) is 6.20 Å². The topological polar surface area (TPSA) is 45.6 Å². The van der Waals surface area contributed by atoms with Gasteiger partial charge in [-0.15, -0.1) is 0 Å². The highest BCUT2D eigenvalue weighted by Crippen LogP contribution is 2.43. The molecule has 0 spiro atoms. The van der Waals surface area contributed by atoms with E-state index in [-0.39, 0.29) is 0 Å². The fourth-order valence-corrected chi connectivity index (χ4v) is 3.77. The van der Waals surface area contributed by atoms with Crippen molar-refractivity contribution in [3.63, 3.8) is 0 Å². The average Bonchev–Trinajstić information content (AvgIpc) is 2.42. The highest BCUT2D eigenvalue weighted by molar-refractivity contribution is 5.25. The maximum Gasteiger partial charge on any atom is 0.213 e. The molecule has 1 aromatic heterocycles. The van der Waals surface area contributed by atoms with Crippen LogP contribution in [0.4, 0.5) is 0 Å². The van der Waals surface area contributed by atoms with E-state index < -0.39 is 5.60 Å². The smallest absolute Gasteiger partial charge is 0.213 e. The number of ether oxygens (including phenoxy) is 1. The first-order valence-corrected chi connectivity index (χ1v) is 7.66. The van der Waals surface area contributed by atoms with Crippen LogP contribution in [0.3, 0.4) is 0 Å². The molecule has 2 atom stereocenters. The predicted octanol–water partition coefficient (Wildman–Crippen LogP) is 2.31. The van der Waals surface area contributed by atoms with Gasteiger partial charge in [-0.2, -0.15) is 0 Å². The maximum atomic E-state index is 11.1. The van der Waals surface area contributed by atoms with Crippen LogP contribution in [0.5, 0.6) is 5.88 Å². The zero-order valence-corrected chi connectivity index (χ0v) is 12.4. The predicted molar refractivity (Wildman–Crippen MR) is 77.7 cm³/mol. The Balaban J connectivity index is 1.81. The minimum atomic E-state index is -0.722. The van der Waals surface area contributed by atoms with Crippen molar-refractivity contribution in [2.75, 3.05) is 13.7 Å². The summed E-state index contributed by atoms with van der Waals surface area (Å²) in [5.41, 5.74) is 0.214. The summed E-state index contributed by atoms with van der Waals surface area (Å²) in [5, 5.41) is 11.1. The van der Waals surface area contributed by atoms with Crippen LogP contribution in [-0.2, 0) is 5.60 Å². The second-order valence-corrected chi connectivity index (χ2v) is 6.16. The summed E-state index contributed by atoms with van der Waals surface area (Å²) in [7, 11) is 2.20. The summed E-state index contributed by atoms with van der Waals surface area (Å²) in [6.07, 6.45) is 7.09.